The van der Waals surface area contributed by atoms with Crippen molar-refractivity contribution < 1.29 is 0 Å². The van der Waals surface area contributed by atoms with E-state index in [9.17, 15) is 0 Å². The lowest BCUT2D eigenvalue weighted by molar-refractivity contribution is 0.527. The molecule has 1 heterocycles. The summed E-state index contributed by atoms with van der Waals surface area (Å²) >= 11 is 5.89. The fourth-order valence-electron chi connectivity index (χ4n) is 2.24. The molecule has 1 N–H and O–H groups in total. The van der Waals surface area contributed by atoms with Gasteiger partial charge in [0.25, 0.3) is 0 Å². The van der Waals surface area contributed by atoms with Gasteiger partial charge in [-0.1, -0.05) is 23.7 Å². The molecule has 0 saturated heterocycles. The number of rotatable bonds is 6. The standard InChI is InChI=1S/C16H21ClN2/c1-3-19-10-4-5-16(19)12-18-13(2)11-14-6-8-15(17)9-7-14/h4-10,13,18H,3,11-12H2,1-2H3. The Morgan fingerprint density at radius 2 is 1.95 bits per heavy atom. The van der Waals surface area contributed by atoms with Gasteiger partial charge < -0.3 is 9.88 Å². The summed E-state index contributed by atoms with van der Waals surface area (Å²) in [5, 5.41) is 4.37. The van der Waals surface area contributed by atoms with E-state index < -0.39 is 0 Å². The fraction of sp³-hybridized carbons (Fsp3) is 0.375. The zero-order valence-electron chi connectivity index (χ0n) is 11.6. The molecular formula is C16H21ClN2. The van der Waals surface area contributed by atoms with Crippen molar-refractivity contribution in [2.45, 2.75) is 39.4 Å². The van der Waals surface area contributed by atoms with Gasteiger partial charge in [0.2, 0.25) is 0 Å². The number of aromatic nitrogens is 1. The molecule has 2 aromatic rings. The van der Waals surface area contributed by atoms with Crippen LogP contribution in [0.2, 0.25) is 5.02 Å². The maximum absolute atomic E-state index is 5.89. The van der Waals surface area contributed by atoms with Crippen molar-refractivity contribution >= 4 is 11.6 Å². The lowest BCUT2D eigenvalue weighted by Gasteiger charge is -2.15. The first-order valence-electron chi connectivity index (χ1n) is 6.81. The van der Waals surface area contributed by atoms with Crippen LogP contribution in [0.3, 0.4) is 0 Å². The molecule has 0 amide bonds. The number of nitrogens with one attached hydrogen (secondary N) is 1. The van der Waals surface area contributed by atoms with E-state index in [4.69, 9.17) is 11.6 Å². The van der Waals surface area contributed by atoms with E-state index in [0.717, 1.165) is 24.5 Å². The van der Waals surface area contributed by atoms with Crippen molar-refractivity contribution in [2.24, 2.45) is 0 Å². The Hall–Kier alpha value is -1.25. The molecule has 0 aliphatic heterocycles. The van der Waals surface area contributed by atoms with Crippen LogP contribution in [0.1, 0.15) is 25.1 Å². The van der Waals surface area contributed by atoms with E-state index in [-0.39, 0.29) is 0 Å². The van der Waals surface area contributed by atoms with Crippen LogP contribution in [0.5, 0.6) is 0 Å². The molecule has 0 spiro atoms. The van der Waals surface area contributed by atoms with Gasteiger partial charge in [0.1, 0.15) is 0 Å². The maximum atomic E-state index is 5.89. The SMILES string of the molecule is CCn1cccc1CNC(C)Cc1ccc(Cl)cc1. The molecule has 0 aliphatic rings. The van der Waals surface area contributed by atoms with Crippen LogP contribution >= 0.6 is 11.6 Å². The number of halogens is 1. The lowest BCUT2D eigenvalue weighted by Crippen LogP contribution is -2.28. The summed E-state index contributed by atoms with van der Waals surface area (Å²) in [6.45, 7) is 6.32. The molecule has 1 aromatic carbocycles. The molecule has 0 bridgehead atoms. The average Bonchev–Trinajstić information content (AvgIpc) is 2.86. The Kier molecular flexibility index (Phi) is 5.06. The van der Waals surface area contributed by atoms with Crippen LogP contribution in [0.4, 0.5) is 0 Å². The molecule has 0 fully saturated rings. The van der Waals surface area contributed by atoms with Gasteiger partial charge in [-0.2, -0.15) is 0 Å². The largest absolute Gasteiger partial charge is 0.351 e. The first-order chi connectivity index (χ1) is 9.19. The summed E-state index contributed by atoms with van der Waals surface area (Å²) in [6.07, 6.45) is 3.14. The predicted molar refractivity (Wildman–Crippen MR) is 81.6 cm³/mol. The van der Waals surface area contributed by atoms with Gasteiger partial charge in [0.15, 0.2) is 0 Å². The van der Waals surface area contributed by atoms with Crippen LogP contribution in [0, 0.1) is 0 Å². The third-order valence-electron chi connectivity index (χ3n) is 3.35. The number of benzene rings is 1. The Bertz CT molecular complexity index is 502. The van der Waals surface area contributed by atoms with Gasteiger partial charge in [-0.25, -0.2) is 0 Å². The van der Waals surface area contributed by atoms with Crippen molar-refractivity contribution in [3.63, 3.8) is 0 Å². The third kappa shape index (κ3) is 4.12. The molecule has 3 heteroatoms. The van der Waals surface area contributed by atoms with Crippen molar-refractivity contribution in [1.29, 1.82) is 0 Å². The van der Waals surface area contributed by atoms with Crippen molar-refractivity contribution in [3.8, 4) is 0 Å². The van der Waals surface area contributed by atoms with Crippen LogP contribution in [-0.4, -0.2) is 10.6 Å². The van der Waals surface area contributed by atoms with Gasteiger partial charge in [0, 0.05) is 36.0 Å². The van der Waals surface area contributed by atoms with E-state index in [1.54, 1.807) is 0 Å². The minimum Gasteiger partial charge on any atom is -0.351 e. The minimum absolute atomic E-state index is 0.446. The second-order valence-corrected chi connectivity index (χ2v) is 5.33. The van der Waals surface area contributed by atoms with E-state index in [1.165, 1.54) is 11.3 Å². The molecule has 19 heavy (non-hydrogen) atoms. The molecule has 0 aliphatic carbocycles. The van der Waals surface area contributed by atoms with E-state index in [0.29, 0.717) is 6.04 Å². The summed E-state index contributed by atoms with van der Waals surface area (Å²) in [7, 11) is 0. The minimum atomic E-state index is 0.446. The summed E-state index contributed by atoms with van der Waals surface area (Å²) in [5.41, 5.74) is 2.65. The monoisotopic (exact) mass is 276 g/mol. The van der Waals surface area contributed by atoms with E-state index >= 15 is 0 Å². The van der Waals surface area contributed by atoms with Crippen LogP contribution in [0.15, 0.2) is 42.6 Å². The first kappa shape index (κ1) is 14.2. The highest BCUT2D eigenvalue weighted by molar-refractivity contribution is 6.30. The van der Waals surface area contributed by atoms with Crippen molar-refractivity contribution in [2.75, 3.05) is 0 Å². The zero-order valence-corrected chi connectivity index (χ0v) is 12.3. The second-order valence-electron chi connectivity index (χ2n) is 4.90. The smallest absolute Gasteiger partial charge is 0.0406 e. The van der Waals surface area contributed by atoms with Gasteiger partial charge in [-0.15, -0.1) is 0 Å². The maximum Gasteiger partial charge on any atom is 0.0406 e. The van der Waals surface area contributed by atoms with Gasteiger partial charge in [0.05, 0.1) is 0 Å². The molecule has 1 aromatic heterocycles. The van der Waals surface area contributed by atoms with Crippen LogP contribution < -0.4 is 5.32 Å². The van der Waals surface area contributed by atoms with Crippen LogP contribution in [-0.2, 0) is 19.5 Å². The van der Waals surface area contributed by atoms with E-state index in [2.05, 4.69) is 54.2 Å². The number of hydrogen-bond acceptors (Lipinski definition) is 1. The predicted octanol–water partition coefficient (Wildman–Crippen LogP) is 3.88. The first-order valence-corrected chi connectivity index (χ1v) is 7.18. The summed E-state index contributed by atoms with van der Waals surface area (Å²) in [4.78, 5) is 0. The third-order valence-corrected chi connectivity index (χ3v) is 3.60. The molecule has 1 unspecified atom stereocenters. The van der Waals surface area contributed by atoms with Crippen LogP contribution in [0.25, 0.3) is 0 Å². The summed E-state index contributed by atoms with van der Waals surface area (Å²) in [6, 6.07) is 12.8. The molecule has 102 valence electrons. The molecule has 1 atom stereocenters. The van der Waals surface area contributed by atoms with Gasteiger partial charge >= 0.3 is 0 Å². The second kappa shape index (κ2) is 6.78. The zero-order chi connectivity index (χ0) is 13.7. The molecule has 2 nitrogen and oxygen atoms in total. The molecule has 0 radical (unpaired) electrons. The Labute approximate surface area is 120 Å². The highest BCUT2D eigenvalue weighted by atomic mass is 35.5. The Balaban J connectivity index is 1.84. The van der Waals surface area contributed by atoms with Gasteiger partial charge in [-0.05, 0) is 50.1 Å². The Morgan fingerprint density at radius 1 is 1.21 bits per heavy atom. The molecular weight excluding hydrogens is 256 g/mol. The highest BCUT2D eigenvalue weighted by Crippen LogP contribution is 2.11. The molecule has 0 saturated carbocycles. The number of nitrogens with zero attached hydrogens (tertiary/aromatic N) is 1. The van der Waals surface area contributed by atoms with Crippen molar-refractivity contribution in [3.05, 3.63) is 58.9 Å². The highest BCUT2D eigenvalue weighted by Gasteiger charge is 2.05. The fourth-order valence-corrected chi connectivity index (χ4v) is 2.37. The van der Waals surface area contributed by atoms with E-state index in [1.807, 2.05) is 12.1 Å². The average molecular weight is 277 g/mol. The normalized spacial score (nSPS) is 12.6. The van der Waals surface area contributed by atoms with Gasteiger partial charge in [-0.3, -0.25) is 0 Å². The number of aryl methyl sites for hydroxylation is 1. The quantitative estimate of drug-likeness (QED) is 0.847. The summed E-state index contributed by atoms with van der Waals surface area (Å²) < 4.78 is 2.27. The topological polar surface area (TPSA) is 17.0 Å². The molecule has 2 rings (SSSR count). The van der Waals surface area contributed by atoms with Crippen molar-refractivity contribution in [1.82, 2.24) is 9.88 Å². The number of hydrogen-bond donors (Lipinski definition) is 1. The lowest BCUT2D eigenvalue weighted by atomic mass is 10.1. The summed E-state index contributed by atoms with van der Waals surface area (Å²) in [5.74, 6) is 0. The Morgan fingerprint density at radius 3 is 2.63 bits per heavy atom.